The van der Waals surface area contributed by atoms with Crippen LogP contribution >= 0.6 is 0 Å². The molecule has 1 aromatic carbocycles. The first-order valence-corrected chi connectivity index (χ1v) is 6.17. The summed E-state index contributed by atoms with van der Waals surface area (Å²) >= 11 is 0. The summed E-state index contributed by atoms with van der Waals surface area (Å²) in [4.78, 5) is 25.8. The molecular formula is C14H16N2O3. The highest BCUT2D eigenvalue weighted by Crippen LogP contribution is 2.24. The number of aryl methyl sites for hydroxylation is 1. The Morgan fingerprint density at radius 3 is 2.68 bits per heavy atom. The van der Waals surface area contributed by atoms with Gasteiger partial charge in [0.2, 0.25) is 5.88 Å². The fourth-order valence-corrected chi connectivity index (χ4v) is 2.05. The molecule has 2 aromatic rings. The van der Waals surface area contributed by atoms with Crippen molar-refractivity contribution >= 4 is 0 Å². The summed E-state index contributed by atoms with van der Waals surface area (Å²) < 4.78 is 1.18. The largest absolute Gasteiger partial charge is 0.494 e. The average molecular weight is 260 g/mol. The van der Waals surface area contributed by atoms with E-state index in [1.54, 1.807) is 18.2 Å². The van der Waals surface area contributed by atoms with Crippen LogP contribution in [-0.2, 0) is 6.54 Å². The van der Waals surface area contributed by atoms with Crippen LogP contribution in [0.4, 0.5) is 0 Å². The number of hydrogen-bond acceptors (Lipinski definition) is 3. The molecule has 1 aromatic heterocycles. The highest BCUT2D eigenvalue weighted by Gasteiger charge is 2.15. The minimum atomic E-state index is -0.583. The Morgan fingerprint density at radius 2 is 2.05 bits per heavy atom. The third kappa shape index (κ3) is 2.45. The van der Waals surface area contributed by atoms with Gasteiger partial charge in [-0.05, 0) is 18.9 Å². The van der Waals surface area contributed by atoms with E-state index in [9.17, 15) is 14.7 Å². The average Bonchev–Trinajstić information content (AvgIpc) is 2.34. The lowest BCUT2D eigenvalue weighted by Gasteiger charge is -2.10. The van der Waals surface area contributed by atoms with Crippen LogP contribution in [0.25, 0.3) is 11.1 Å². The summed E-state index contributed by atoms with van der Waals surface area (Å²) in [5.41, 5.74) is 0.561. The fraction of sp³-hybridized carbons (Fsp3) is 0.286. The first-order chi connectivity index (χ1) is 9.04. The molecule has 0 aliphatic carbocycles. The number of benzene rings is 1. The zero-order chi connectivity index (χ0) is 14.0. The van der Waals surface area contributed by atoms with Gasteiger partial charge in [-0.25, -0.2) is 4.79 Å². The highest BCUT2D eigenvalue weighted by atomic mass is 16.3. The van der Waals surface area contributed by atoms with Gasteiger partial charge in [0.05, 0.1) is 0 Å². The number of nitrogens with zero attached hydrogens (tertiary/aromatic N) is 1. The van der Waals surface area contributed by atoms with E-state index in [2.05, 4.69) is 4.98 Å². The molecule has 0 amide bonds. The van der Waals surface area contributed by atoms with Crippen LogP contribution in [0.3, 0.4) is 0 Å². The molecule has 0 atom stereocenters. The quantitative estimate of drug-likeness (QED) is 0.880. The molecule has 1 heterocycles. The molecule has 0 saturated heterocycles. The van der Waals surface area contributed by atoms with Crippen LogP contribution in [0, 0.1) is 6.92 Å². The van der Waals surface area contributed by atoms with Gasteiger partial charge in [-0.2, -0.15) is 0 Å². The number of aromatic amines is 1. The van der Waals surface area contributed by atoms with Crippen molar-refractivity contribution in [1.29, 1.82) is 0 Å². The van der Waals surface area contributed by atoms with E-state index < -0.39 is 11.2 Å². The Hall–Kier alpha value is -2.30. The summed E-state index contributed by atoms with van der Waals surface area (Å²) in [7, 11) is 0. The van der Waals surface area contributed by atoms with Crippen LogP contribution in [0.5, 0.6) is 5.88 Å². The van der Waals surface area contributed by atoms with Crippen molar-refractivity contribution in [2.45, 2.75) is 26.8 Å². The number of rotatable bonds is 3. The van der Waals surface area contributed by atoms with Crippen LogP contribution < -0.4 is 11.2 Å². The van der Waals surface area contributed by atoms with E-state index >= 15 is 0 Å². The molecule has 0 saturated carbocycles. The Kier molecular flexibility index (Phi) is 3.55. The molecule has 0 aliphatic heterocycles. The monoisotopic (exact) mass is 260 g/mol. The van der Waals surface area contributed by atoms with Crippen molar-refractivity contribution in [2.24, 2.45) is 0 Å². The summed E-state index contributed by atoms with van der Waals surface area (Å²) in [5.74, 6) is -0.277. The van der Waals surface area contributed by atoms with Crippen LogP contribution in [0.2, 0.25) is 0 Å². The van der Waals surface area contributed by atoms with E-state index in [1.165, 1.54) is 4.57 Å². The number of H-pyrrole nitrogens is 1. The lowest BCUT2D eigenvalue weighted by atomic mass is 10.1. The van der Waals surface area contributed by atoms with E-state index in [0.29, 0.717) is 18.5 Å². The van der Waals surface area contributed by atoms with E-state index in [-0.39, 0.29) is 11.4 Å². The summed E-state index contributed by atoms with van der Waals surface area (Å²) in [6, 6.07) is 7.23. The first kappa shape index (κ1) is 13.1. The fourth-order valence-electron chi connectivity index (χ4n) is 2.05. The first-order valence-electron chi connectivity index (χ1n) is 6.17. The third-order valence-electron chi connectivity index (χ3n) is 2.93. The van der Waals surface area contributed by atoms with E-state index in [0.717, 1.165) is 5.56 Å². The maximum atomic E-state index is 11.9. The van der Waals surface area contributed by atoms with Gasteiger partial charge in [0.25, 0.3) is 5.56 Å². The van der Waals surface area contributed by atoms with Crippen LogP contribution in [-0.4, -0.2) is 14.7 Å². The molecular weight excluding hydrogens is 244 g/mol. The highest BCUT2D eigenvalue weighted by molar-refractivity contribution is 5.67. The minimum Gasteiger partial charge on any atom is -0.494 e. The summed E-state index contributed by atoms with van der Waals surface area (Å²) in [6.07, 6.45) is 0.687. The smallest absolute Gasteiger partial charge is 0.331 e. The van der Waals surface area contributed by atoms with Gasteiger partial charge in [0.1, 0.15) is 5.56 Å². The van der Waals surface area contributed by atoms with Crippen molar-refractivity contribution in [2.75, 3.05) is 0 Å². The van der Waals surface area contributed by atoms with Gasteiger partial charge in [-0.1, -0.05) is 36.8 Å². The van der Waals surface area contributed by atoms with Crippen molar-refractivity contribution in [3.63, 3.8) is 0 Å². The van der Waals surface area contributed by atoms with Crippen molar-refractivity contribution in [1.82, 2.24) is 9.55 Å². The van der Waals surface area contributed by atoms with Crippen molar-refractivity contribution < 1.29 is 5.11 Å². The van der Waals surface area contributed by atoms with Gasteiger partial charge < -0.3 is 5.11 Å². The molecule has 100 valence electrons. The zero-order valence-corrected chi connectivity index (χ0v) is 10.9. The molecule has 0 unspecified atom stereocenters. The van der Waals surface area contributed by atoms with Crippen molar-refractivity contribution in [3.05, 3.63) is 50.7 Å². The molecule has 0 fully saturated rings. The van der Waals surface area contributed by atoms with Gasteiger partial charge >= 0.3 is 5.69 Å². The molecule has 0 spiro atoms. The second-order valence-corrected chi connectivity index (χ2v) is 4.48. The Labute approximate surface area is 110 Å². The number of aromatic hydroxyl groups is 1. The third-order valence-corrected chi connectivity index (χ3v) is 2.93. The molecule has 2 rings (SSSR count). The second-order valence-electron chi connectivity index (χ2n) is 4.48. The van der Waals surface area contributed by atoms with E-state index in [1.807, 2.05) is 19.9 Å². The molecule has 5 nitrogen and oxygen atoms in total. The van der Waals surface area contributed by atoms with Gasteiger partial charge in [0, 0.05) is 6.54 Å². The lowest BCUT2D eigenvalue weighted by Crippen LogP contribution is -2.30. The van der Waals surface area contributed by atoms with Gasteiger partial charge in [-0.3, -0.25) is 14.3 Å². The summed E-state index contributed by atoms with van der Waals surface area (Å²) in [5, 5.41) is 10.2. The molecule has 2 N–H and O–H groups in total. The Balaban J connectivity index is 2.73. The topological polar surface area (TPSA) is 75.1 Å². The van der Waals surface area contributed by atoms with Crippen LogP contribution in [0.1, 0.15) is 18.9 Å². The predicted molar refractivity (Wildman–Crippen MR) is 73.5 cm³/mol. The maximum absolute atomic E-state index is 11.9. The number of aromatic nitrogens is 2. The van der Waals surface area contributed by atoms with Gasteiger partial charge in [-0.15, -0.1) is 0 Å². The summed E-state index contributed by atoms with van der Waals surface area (Å²) in [6.45, 7) is 4.15. The van der Waals surface area contributed by atoms with E-state index in [4.69, 9.17) is 0 Å². The minimum absolute atomic E-state index is 0.136. The second kappa shape index (κ2) is 5.14. The molecule has 0 aliphatic rings. The molecule has 0 radical (unpaired) electrons. The van der Waals surface area contributed by atoms with Crippen LogP contribution in [0.15, 0.2) is 33.9 Å². The molecule has 5 heteroatoms. The van der Waals surface area contributed by atoms with Gasteiger partial charge in [0.15, 0.2) is 0 Å². The zero-order valence-electron chi connectivity index (χ0n) is 10.9. The number of nitrogens with one attached hydrogen (secondary N) is 1. The SMILES string of the molecule is CCCn1c(O)c(-c2cccc(C)c2)c(=O)[nH]c1=O. The Bertz CT molecular complexity index is 713. The molecule has 19 heavy (non-hydrogen) atoms. The Morgan fingerprint density at radius 1 is 1.32 bits per heavy atom. The van der Waals surface area contributed by atoms with Crippen molar-refractivity contribution in [3.8, 4) is 17.0 Å². The molecule has 0 bridgehead atoms. The predicted octanol–water partition coefficient (Wildman–Crippen LogP) is 1.63. The number of hydrogen-bond donors (Lipinski definition) is 2. The standard InChI is InChI=1S/C14H16N2O3/c1-3-7-16-13(18)11(12(17)15-14(16)19)10-6-4-5-9(2)8-10/h4-6,8,18H,3,7H2,1-2H3,(H,15,17,19). The lowest BCUT2D eigenvalue weighted by molar-refractivity contribution is 0.401. The maximum Gasteiger partial charge on any atom is 0.331 e. The normalized spacial score (nSPS) is 10.6.